The van der Waals surface area contributed by atoms with E-state index in [-0.39, 0.29) is 17.8 Å². The van der Waals surface area contributed by atoms with Gasteiger partial charge in [0, 0.05) is 19.5 Å². The summed E-state index contributed by atoms with van der Waals surface area (Å²) in [6.45, 7) is 6.67. The quantitative estimate of drug-likeness (QED) is 0.696. The van der Waals surface area contributed by atoms with Crippen LogP contribution < -0.4 is 0 Å². The molecule has 1 aromatic carbocycles. The predicted octanol–water partition coefficient (Wildman–Crippen LogP) is 3.19. The Bertz CT molecular complexity index is 830. The molecule has 0 aliphatic carbocycles. The normalized spacial score (nSPS) is 20.7. The summed E-state index contributed by atoms with van der Waals surface area (Å²) in [4.78, 5) is 17.2. The van der Waals surface area contributed by atoms with Gasteiger partial charge in [-0.15, -0.1) is 5.10 Å². The fraction of sp³-hybridized carbons (Fsp3) is 0.636. The van der Waals surface area contributed by atoms with Crippen LogP contribution in [0.15, 0.2) is 24.3 Å². The lowest BCUT2D eigenvalue weighted by Crippen LogP contribution is -2.33. The lowest BCUT2D eigenvalue weighted by atomic mass is 9.99. The van der Waals surface area contributed by atoms with Crippen molar-refractivity contribution in [3.8, 4) is 0 Å². The van der Waals surface area contributed by atoms with E-state index in [2.05, 4.69) is 27.3 Å². The molecule has 2 aliphatic rings. The Morgan fingerprint density at radius 2 is 1.90 bits per heavy atom. The highest BCUT2D eigenvalue weighted by molar-refractivity contribution is 5.77. The number of tetrazole rings is 1. The molecule has 0 bridgehead atoms. The first-order valence-corrected chi connectivity index (χ1v) is 11.1. The van der Waals surface area contributed by atoms with Crippen LogP contribution in [0, 0.1) is 11.7 Å². The van der Waals surface area contributed by atoms with Gasteiger partial charge in [0.2, 0.25) is 5.91 Å². The van der Waals surface area contributed by atoms with Crippen molar-refractivity contribution in [2.75, 3.05) is 19.6 Å². The number of carbonyl (C=O) groups excluding carboxylic acids is 1. The molecule has 8 heteroatoms. The van der Waals surface area contributed by atoms with Crippen LogP contribution in [-0.2, 0) is 17.9 Å². The van der Waals surface area contributed by atoms with E-state index in [9.17, 15) is 9.18 Å². The van der Waals surface area contributed by atoms with Gasteiger partial charge in [0.05, 0.1) is 12.6 Å². The number of piperidine rings is 1. The van der Waals surface area contributed by atoms with Crippen LogP contribution in [-0.4, -0.2) is 55.5 Å². The molecule has 162 valence electrons. The maximum Gasteiger partial charge on any atom is 0.223 e. The lowest BCUT2D eigenvalue weighted by Gasteiger charge is -2.29. The van der Waals surface area contributed by atoms with Crippen molar-refractivity contribution in [1.82, 2.24) is 30.0 Å². The summed E-state index contributed by atoms with van der Waals surface area (Å²) in [5.41, 5.74) is 1.01. The highest BCUT2D eigenvalue weighted by Gasteiger charge is 2.29. The highest BCUT2D eigenvalue weighted by atomic mass is 19.1. The Morgan fingerprint density at radius 1 is 1.13 bits per heavy atom. The second-order valence-corrected chi connectivity index (χ2v) is 8.68. The molecule has 2 aliphatic heterocycles. The molecule has 4 rings (SSSR count). The minimum Gasteiger partial charge on any atom is -0.336 e. The maximum atomic E-state index is 13.2. The molecule has 0 radical (unpaired) electrons. The molecule has 2 aromatic rings. The monoisotopic (exact) mass is 414 g/mol. The van der Waals surface area contributed by atoms with Crippen LogP contribution in [0.3, 0.4) is 0 Å². The molecule has 1 amide bonds. The predicted molar refractivity (Wildman–Crippen MR) is 111 cm³/mol. The summed E-state index contributed by atoms with van der Waals surface area (Å²) in [6.07, 6.45) is 5.55. The highest BCUT2D eigenvalue weighted by Crippen LogP contribution is 2.32. The van der Waals surface area contributed by atoms with Crippen LogP contribution in [0.1, 0.15) is 62.9 Å². The van der Waals surface area contributed by atoms with E-state index in [0.29, 0.717) is 19.4 Å². The van der Waals surface area contributed by atoms with Gasteiger partial charge in [-0.3, -0.25) is 9.69 Å². The Balaban J connectivity index is 1.28. The molecule has 1 atom stereocenters. The minimum absolute atomic E-state index is 0.0585. The van der Waals surface area contributed by atoms with Gasteiger partial charge in [-0.2, -0.15) is 0 Å². The number of carbonyl (C=O) groups is 1. The zero-order valence-corrected chi connectivity index (χ0v) is 17.7. The molecule has 30 heavy (non-hydrogen) atoms. The largest absolute Gasteiger partial charge is 0.336 e. The first-order valence-electron chi connectivity index (χ1n) is 11.1. The first-order chi connectivity index (χ1) is 14.6. The number of hydrogen-bond acceptors (Lipinski definition) is 5. The average Bonchev–Trinajstić information content (AvgIpc) is 3.40. The lowest BCUT2D eigenvalue weighted by molar-refractivity contribution is -0.132. The summed E-state index contributed by atoms with van der Waals surface area (Å²) in [6, 6.07) is 6.58. The molecule has 2 fully saturated rings. The number of benzene rings is 1. The van der Waals surface area contributed by atoms with Gasteiger partial charge in [0.1, 0.15) is 5.82 Å². The van der Waals surface area contributed by atoms with Crippen LogP contribution in [0.5, 0.6) is 0 Å². The molecule has 1 aromatic heterocycles. The molecule has 7 nitrogen and oxygen atoms in total. The topological polar surface area (TPSA) is 67.2 Å². The number of rotatable bonds is 7. The van der Waals surface area contributed by atoms with Gasteiger partial charge in [-0.25, -0.2) is 9.07 Å². The Kier molecular flexibility index (Phi) is 6.72. The number of hydrogen-bond donors (Lipinski definition) is 0. The minimum atomic E-state index is -0.245. The second kappa shape index (κ2) is 9.64. The number of halogens is 1. The maximum absolute atomic E-state index is 13.2. The zero-order valence-electron chi connectivity index (χ0n) is 17.7. The van der Waals surface area contributed by atoms with E-state index in [1.807, 2.05) is 9.58 Å². The summed E-state index contributed by atoms with van der Waals surface area (Å²) < 4.78 is 15.1. The number of nitrogens with zero attached hydrogens (tertiary/aromatic N) is 6. The van der Waals surface area contributed by atoms with Gasteiger partial charge < -0.3 is 4.90 Å². The van der Waals surface area contributed by atoms with Crippen molar-refractivity contribution < 1.29 is 9.18 Å². The van der Waals surface area contributed by atoms with E-state index in [1.54, 1.807) is 12.1 Å². The van der Waals surface area contributed by atoms with Gasteiger partial charge >= 0.3 is 0 Å². The standard InChI is InChI=1S/C22H31FN6O/c1-17-10-14-27(15-11-17)16-21-24-25-26-29(21)13-3-5-22(30)28-12-2-4-20(28)18-6-8-19(23)9-7-18/h6-9,17,20H,2-5,10-16H2,1H3. The molecule has 3 heterocycles. The van der Waals surface area contributed by atoms with Crippen LogP contribution >= 0.6 is 0 Å². The van der Waals surface area contributed by atoms with Gasteiger partial charge in [-0.05, 0) is 79.2 Å². The average molecular weight is 415 g/mol. The number of likely N-dealkylation sites (tertiary alicyclic amines) is 2. The van der Waals surface area contributed by atoms with E-state index in [0.717, 1.165) is 56.3 Å². The van der Waals surface area contributed by atoms with Gasteiger partial charge in [0.15, 0.2) is 5.82 Å². The number of aromatic nitrogens is 4. The fourth-order valence-electron chi connectivity index (χ4n) is 4.55. The number of aryl methyl sites for hydroxylation is 1. The molecular formula is C22H31FN6O. The Hall–Kier alpha value is -2.35. The van der Waals surface area contributed by atoms with Gasteiger partial charge in [0.25, 0.3) is 0 Å². The molecule has 0 N–H and O–H groups in total. The summed E-state index contributed by atoms with van der Waals surface area (Å²) in [5.74, 6) is 1.59. The number of amides is 1. The molecule has 2 saturated heterocycles. The van der Waals surface area contributed by atoms with E-state index in [4.69, 9.17) is 0 Å². The van der Waals surface area contributed by atoms with E-state index >= 15 is 0 Å². The molecule has 1 unspecified atom stereocenters. The van der Waals surface area contributed by atoms with Crippen molar-refractivity contribution in [2.45, 2.75) is 64.6 Å². The van der Waals surface area contributed by atoms with E-state index < -0.39 is 0 Å². The third-order valence-electron chi connectivity index (χ3n) is 6.44. The second-order valence-electron chi connectivity index (χ2n) is 8.68. The molecule has 0 spiro atoms. The van der Waals surface area contributed by atoms with Crippen LogP contribution in [0.4, 0.5) is 4.39 Å². The third kappa shape index (κ3) is 5.03. The molecule has 0 saturated carbocycles. The van der Waals surface area contributed by atoms with E-state index in [1.165, 1.54) is 25.0 Å². The van der Waals surface area contributed by atoms with Crippen LogP contribution in [0.25, 0.3) is 0 Å². The van der Waals surface area contributed by atoms with Crippen LogP contribution in [0.2, 0.25) is 0 Å². The van der Waals surface area contributed by atoms with Crippen molar-refractivity contribution in [3.63, 3.8) is 0 Å². The van der Waals surface area contributed by atoms with Crippen molar-refractivity contribution >= 4 is 5.91 Å². The van der Waals surface area contributed by atoms with Crippen molar-refractivity contribution in [3.05, 3.63) is 41.5 Å². The third-order valence-corrected chi connectivity index (χ3v) is 6.44. The summed E-state index contributed by atoms with van der Waals surface area (Å²) in [5, 5.41) is 12.2. The summed E-state index contributed by atoms with van der Waals surface area (Å²) >= 11 is 0. The molecular weight excluding hydrogens is 383 g/mol. The van der Waals surface area contributed by atoms with Crippen molar-refractivity contribution in [2.24, 2.45) is 5.92 Å². The van der Waals surface area contributed by atoms with Gasteiger partial charge in [-0.1, -0.05) is 19.1 Å². The SMILES string of the molecule is CC1CCN(Cc2nnnn2CCCC(=O)N2CCCC2c2ccc(F)cc2)CC1. The Labute approximate surface area is 177 Å². The zero-order chi connectivity index (χ0) is 20.9. The summed E-state index contributed by atoms with van der Waals surface area (Å²) in [7, 11) is 0. The fourth-order valence-corrected chi connectivity index (χ4v) is 4.55. The smallest absolute Gasteiger partial charge is 0.223 e. The Morgan fingerprint density at radius 3 is 2.67 bits per heavy atom. The first kappa shape index (κ1) is 20.9. The van der Waals surface area contributed by atoms with Crippen molar-refractivity contribution in [1.29, 1.82) is 0 Å².